The largest absolute Gasteiger partial charge is 0.396 e. The van der Waals surface area contributed by atoms with Crippen LogP contribution in [0.4, 0.5) is 0 Å². The molecular weight excluding hydrogens is 329 g/mol. The third-order valence-electron chi connectivity index (χ3n) is 2.71. The van der Waals surface area contributed by atoms with Crippen molar-refractivity contribution in [2.24, 2.45) is 5.92 Å². The van der Waals surface area contributed by atoms with Crippen molar-refractivity contribution in [3.05, 3.63) is 14.7 Å². The van der Waals surface area contributed by atoms with Crippen LogP contribution in [-0.4, -0.2) is 26.7 Å². The molecule has 0 saturated heterocycles. The monoisotopic (exact) mass is 345 g/mol. The van der Waals surface area contributed by atoms with E-state index in [9.17, 15) is 8.42 Å². The van der Waals surface area contributed by atoms with Gasteiger partial charge in [0.15, 0.2) is 0 Å². The van der Waals surface area contributed by atoms with Crippen LogP contribution in [0.15, 0.2) is 11.0 Å². The van der Waals surface area contributed by atoms with Gasteiger partial charge in [0.25, 0.3) is 0 Å². The molecule has 0 aliphatic carbocycles. The maximum atomic E-state index is 12.1. The zero-order chi connectivity index (χ0) is 14.5. The zero-order valence-corrected chi connectivity index (χ0v) is 13.7. The first-order chi connectivity index (χ1) is 8.90. The van der Waals surface area contributed by atoms with Crippen molar-refractivity contribution in [3.8, 4) is 0 Å². The topological polar surface area (TPSA) is 66.4 Å². The number of hydrogen-bond donors (Lipinski definition) is 2. The van der Waals surface area contributed by atoms with E-state index in [4.69, 9.17) is 28.3 Å². The molecule has 1 aromatic rings. The Hall–Kier alpha value is 0.150. The molecule has 0 aliphatic rings. The van der Waals surface area contributed by atoms with Crippen LogP contribution in [0.25, 0.3) is 0 Å². The van der Waals surface area contributed by atoms with Crippen LogP contribution in [0.1, 0.15) is 26.2 Å². The van der Waals surface area contributed by atoms with Gasteiger partial charge in [-0.25, -0.2) is 13.1 Å². The fourth-order valence-corrected chi connectivity index (χ4v) is 5.02. The van der Waals surface area contributed by atoms with Crippen LogP contribution in [0, 0.1) is 5.92 Å². The Labute approximate surface area is 127 Å². The number of halogens is 2. The molecular formula is C11H17Cl2NO3S2. The maximum Gasteiger partial charge on any atom is 0.242 e. The van der Waals surface area contributed by atoms with Crippen molar-refractivity contribution in [1.29, 1.82) is 0 Å². The first kappa shape index (κ1) is 17.2. The fourth-order valence-electron chi connectivity index (χ4n) is 1.75. The minimum Gasteiger partial charge on any atom is -0.396 e. The predicted molar refractivity (Wildman–Crippen MR) is 79.6 cm³/mol. The molecule has 0 fully saturated rings. The van der Waals surface area contributed by atoms with Crippen molar-refractivity contribution >= 4 is 44.6 Å². The van der Waals surface area contributed by atoms with Gasteiger partial charge in [0, 0.05) is 13.2 Å². The summed E-state index contributed by atoms with van der Waals surface area (Å²) in [5.74, 6) is 0.123. The van der Waals surface area contributed by atoms with E-state index in [0.717, 1.165) is 24.2 Å². The highest BCUT2D eigenvalue weighted by atomic mass is 35.5. The van der Waals surface area contributed by atoms with Gasteiger partial charge in [-0.2, -0.15) is 0 Å². The number of aliphatic hydroxyl groups excluding tert-OH is 1. The van der Waals surface area contributed by atoms with Crippen molar-refractivity contribution in [2.45, 2.75) is 31.1 Å². The van der Waals surface area contributed by atoms with Gasteiger partial charge in [-0.3, -0.25) is 0 Å². The van der Waals surface area contributed by atoms with E-state index in [1.807, 2.05) is 6.92 Å². The normalized spacial score (nSPS) is 13.7. The first-order valence-corrected chi connectivity index (χ1v) is 9.01. The van der Waals surface area contributed by atoms with E-state index >= 15 is 0 Å². The molecule has 4 nitrogen and oxygen atoms in total. The molecule has 1 unspecified atom stereocenters. The Morgan fingerprint density at radius 3 is 2.58 bits per heavy atom. The van der Waals surface area contributed by atoms with Crippen LogP contribution < -0.4 is 4.72 Å². The number of nitrogens with one attached hydrogen (secondary N) is 1. The fraction of sp³-hybridized carbons (Fsp3) is 0.636. The second-order valence-electron chi connectivity index (χ2n) is 4.21. The number of hydrogen-bond acceptors (Lipinski definition) is 4. The lowest BCUT2D eigenvalue weighted by Crippen LogP contribution is -2.29. The third kappa shape index (κ3) is 5.21. The number of thiophene rings is 1. The molecule has 0 aromatic carbocycles. The molecule has 0 aliphatic heterocycles. The van der Waals surface area contributed by atoms with Gasteiger partial charge in [-0.15, -0.1) is 11.3 Å². The first-order valence-electron chi connectivity index (χ1n) is 5.96. The maximum absolute atomic E-state index is 12.1. The summed E-state index contributed by atoms with van der Waals surface area (Å²) in [4.78, 5) is 0.0170. The van der Waals surface area contributed by atoms with Crippen molar-refractivity contribution in [1.82, 2.24) is 4.72 Å². The molecule has 110 valence electrons. The lowest BCUT2D eigenvalue weighted by Gasteiger charge is -2.15. The lowest BCUT2D eigenvalue weighted by atomic mass is 10.0. The molecule has 19 heavy (non-hydrogen) atoms. The summed E-state index contributed by atoms with van der Waals surface area (Å²) in [5.41, 5.74) is 0. The van der Waals surface area contributed by atoms with Crippen molar-refractivity contribution in [3.63, 3.8) is 0 Å². The minimum absolute atomic E-state index is 0.0170. The Balaban J connectivity index is 2.72. The van der Waals surface area contributed by atoms with Gasteiger partial charge in [0.2, 0.25) is 10.0 Å². The van der Waals surface area contributed by atoms with Gasteiger partial charge in [0.05, 0.1) is 4.34 Å². The summed E-state index contributed by atoms with van der Waals surface area (Å²) in [6, 6.07) is 1.34. The summed E-state index contributed by atoms with van der Waals surface area (Å²) in [5, 5.41) is 8.94. The highest BCUT2D eigenvalue weighted by Gasteiger charge is 2.21. The highest BCUT2D eigenvalue weighted by molar-refractivity contribution is 7.89. The molecule has 0 amide bonds. The molecule has 8 heteroatoms. The van der Waals surface area contributed by atoms with Gasteiger partial charge in [-0.1, -0.05) is 36.5 Å². The molecule has 0 saturated carbocycles. The minimum atomic E-state index is -3.64. The van der Waals surface area contributed by atoms with Crippen LogP contribution in [0.3, 0.4) is 0 Å². The van der Waals surface area contributed by atoms with Crippen LogP contribution in [0.2, 0.25) is 8.67 Å². The quantitative estimate of drug-likeness (QED) is 0.760. The Kier molecular flexibility index (Phi) is 7.07. The number of aliphatic hydroxyl groups is 1. The molecule has 0 radical (unpaired) electrons. The summed E-state index contributed by atoms with van der Waals surface area (Å²) in [6.45, 7) is 2.37. The number of rotatable bonds is 8. The highest BCUT2D eigenvalue weighted by Crippen LogP contribution is 2.34. The van der Waals surface area contributed by atoms with Crippen molar-refractivity contribution < 1.29 is 13.5 Å². The van der Waals surface area contributed by atoms with Crippen LogP contribution >= 0.6 is 34.5 Å². The average molecular weight is 346 g/mol. The zero-order valence-electron chi connectivity index (χ0n) is 10.5. The standard InChI is InChI=1S/C11H17Cl2NO3S2/c1-2-3-8(4-5-15)7-14-19(16,17)9-6-10(12)18-11(9)13/h6,8,14-15H,2-5,7H2,1H3. The van der Waals surface area contributed by atoms with E-state index < -0.39 is 10.0 Å². The second-order valence-corrected chi connectivity index (χ2v) is 8.23. The van der Waals surface area contributed by atoms with Crippen LogP contribution in [0.5, 0.6) is 0 Å². The van der Waals surface area contributed by atoms with Gasteiger partial charge in [-0.05, 0) is 24.8 Å². The molecule has 1 heterocycles. The SMILES string of the molecule is CCCC(CCO)CNS(=O)(=O)c1cc(Cl)sc1Cl. The van der Waals surface area contributed by atoms with Gasteiger partial charge < -0.3 is 5.11 Å². The van der Waals surface area contributed by atoms with E-state index in [-0.39, 0.29) is 21.8 Å². The lowest BCUT2D eigenvalue weighted by molar-refractivity contribution is 0.251. The van der Waals surface area contributed by atoms with Crippen molar-refractivity contribution in [2.75, 3.05) is 13.2 Å². The van der Waals surface area contributed by atoms with E-state index in [1.54, 1.807) is 0 Å². The summed E-state index contributed by atoms with van der Waals surface area (Å²) in [7, 11) is -3.64. The third-order valence-corrected chi connectivity index (χ3v) is 5.89. The smallest absolute Gasteiger partial charge is 0.242 e. The summed E-state index contributed by atoms with van der Waals surface area (Å²) in [6.07, 6.45) is 2.38. The molecule has 1 rings (SSSR count). The van der Waals surface area contributed by atoms with Gasteiger partial charge in [0.1, 0.15) is 9.23 Å². The summed E-state index contributed by atoms with van der Waals surface area (Å²) < 4.78 is 27.2. The molecule has 2 N–H and O–H groups in total. The van der Waals surface area contributed by atoms with Crippen LogP contribution in [-0.2, 0) is 10.0 Å². The van der Waals surface area contributed by atoms with E-state index in [2.05, 4.69) is 4.72 Å². The molecule has 0 bridgehead atoms. The number of sulfonamides is 1. The van der Waals surface area contributed by atoms with E-state index in [0.29, 0.717) is 17.3 Å². The molecule has 1 aromatic heterocycles. The Bertz CT molecular complexity index is 496. The second kappa shape index (κ2) is 7.81. The summed E-state index contributed by atoms with van der Waals surface area (Å²) >= 11 is 12.6. The Morgan fingerprint density at radius 2 is 2.11 bits per heavy atom. The predicted octanol–water partition coefficient (Wildman–Crippen LogP) is 3.13. The molecule has 1 atom stereocenters. The average Bonchev–Trinajstić information content (AvgIpc) is 2.67. The van der Waals surface area contributed by atoms with E-state index in [1.165, 1.54) is 6.07 Å². The van der Waals surface area contributed by atoms with Gasteiger partial charge >= 0.3 is 0 Å². The molecule has 0 spiro atoms. The Morgan fingerprint density at radius 1 is 1.42 bits per heavy atom.